The van der Waals surface area contributed by atoms with Gasteiger partial charge in [-0.05, 0) is 50.8 Å². The SMILES string of the molecule is CCC(CC)N(CCO)C(C)C(=O)c1ccc(C)c(C)c1. The van der Waals surface area contributed by atoms with Crippen molar-refractivity contribution < 1.29 is 9.90 Å². The van der Waals surface area contributed by atoms with Crippen molar-refractivity contribution in [2.24, 2.45) is 0 Å². The second-order valence-corrected chi connectivity index (χ2v) is 5.77. The van der Waals surface area contributed by atoms with E-state index in [-0.39, 0.29) is 18.4 Å². The first-order valence-electron chi connectivity index (χ1n) is 7.94. The Hall–Kier alpha value is -1.19. The van der Waals surface area contributed by atoms with Crippen LogP contribution in [0.3, 0.4) is 0 Å². The molecule has 3 heteroatoms. The maximum absolute atomic E-state index is 12.7. The third kappa shape index (κ3) is 4.39. The van der Waals surface area contributed by atoms with Crippen molar-refractivity contribution in [3.05, 3.63) is 34.9 Å². The molecule has 3 nitrogen and oxygen atoms in total. The smallest absolute Gasteiger partial charge is 0.179 e. The second kappa shape index (κ2) is 8.30. The lowest BCUT2D eigenvalue weighted by molar-refractivity contribution is 0.0685. The Morgan fingerprint density at radius 2 is 1.81 bits per heavy atom. The van der Waals surface area contributed by atoms with Crippen LogP contribution in [0.1, 0.15) is 55.1 Å². The van der Waals surface area contributed by atoms with Gasteiger partial charge in [-0.25, -0.2) is 0 Å². The summed E-state index contributed by atoms with van der Waals surface area (Å²) in [5.74, 6) is 0.137. The first-order chi connectivity index (χ1) is 9.96. The zero-order valence-corrected chi connectivity index (χ0v) is 14.0. The molecule has 1 atom stereocenters. The molecule has 0 radical (unpaired) electrons. The summed E-state index contributed by atoms with van der Waals surface area (Å²) < 4.78 is 0. The molecular formula is C18H29NO2. The van der Waals surface area contributed by atoms with Gasteiger partial charge in [0.25, 0.3) is 0 Å². The second-order valence-electron chi connectivity index (χ2n) is 5.77. The molecule has 0 aliphatic carbocycles. The molecule has 1 aromatic carbocycles. The number of rotatable bonds is 8. The number of aliphatic hydroxyl groups excluding tert-OH is 1. The van der Waals surface area contributed by atoms with Crippen LogP contribution in [-0.4, -0.2) is 41.0 Å². The van der Waals surface area contributed by atoms with Crippen LogP contribution in [0.2, 0.25) is 0 Å². The Labute approximate surface area is 129 Å². The lowest BCUT2D eigenvalue weighted by Crippen LogP contribution is -2.46. The first-order valence-corrected chi connectivity index (χ1v) is 7.94. The van der Waals surface area contributed by atoms with Gasteiger partial charge in [0.2, 0.25) is 0 Å². The van der Waals surface area contributed by atoms with Crippen LogP contribution < -0.4 is 0 Å². The molecule has 0 saturated heterocycles. The molecule has 21 heavy (non-hydrogen) atoms. The molecule has 0 heterocycles. The Morgan fingerprint density at radius 1 is 1.19 bits per heavy atom. The Morgan fingerprint density at radius 3 is 2.29 bits per heavy atom. The third-order valence-electron chi connectivity index (χ3n) is 4.44. The highest BCUT2D eigenvalue weighted by atomic mass is 16.3. The summed E-state index contributed by atoms with van der Waals surface area (Å²) in [7, 11) is 0. The van der Waals surface area contributed by atoms with E-state index >= 15 is 0 Å². The molecular weight excluding hydrogens is 262 g/mol. The molecule has 118 valence electrons. The van der Waals surface area contributed by atoms with E-state index in [2.05, 4.69) is 25.7 Å². The highest BCUT2D eigenvalue weighted by Crippen LogP contribution is 2.18. The number of benzene rings is 1. The largest absolute Gasteiger partial charge is 0.395 e. The molecule has 0 bridgehead atoms. The third-order valence-corrected chi connectivity index (χ3v) is 4.44. The van der Waals surface area contributed by atoms with Crippen molar-refractivity contribution in [2.45, 2.75) is 59.5 Å². The van der Waals surface area contributed by atoms with E-state index in [1.165, 1.54) is 5.56 Å². The van der Waals surface area contributed by atoms with E-state index < -0.39 is 0 Å². The van der Waals surface area contributed by atoms with Crippen LogP contribution in [0.25, 0.3) is 0 Å². The number of Topliss-reactive ketones (excluding diaryl/α,β-unsaturated/α-hetero) is 1. The molecule has 0 aliphatic rings. The fourth-order valence-electron chi connectivity index (χ4n) is 2.85. The van der Waals surface area contributed by atoms with Crippen LogP contribution in [-0.2, 0) is 0 Å². The Kier molecular flexibility index (Phi) is 7.06. The molecule has 0 aliphatic heterocycles. The minimum Gasteiger partial charge on any atom is -0.395 e. The van der Waals surface area contributed by atoms with Crippen molar-refractivity contribution in [1.29, 1.82) is 0 Å². The van der Waals surface area contributed by atoms with Crippen molar-refractivity contribution >= 4 is 5.78 Å². The zero-order valence-electron chi connectivity index (χ0n) is 14.0. The van der Waals surface area contributed by atoms with E-state index in [9.17, 15) is 9.90 Å². The molecule has 1 unspecified atom stereocenters. The van der Waals surface area contributed by atoms with Crippen molar-refractivity contribution in [1.82, 2.24) is 4.90 Å². The number of aliphatic hydroxyl groups is 1. The fourth-order valence-corrected chi connectivity index (χ4v) is 2.85. The van der Waals surface area contributed by atoms with Gasteiger partial charge in [0.05, 0.1) is 12.6 Å². The van der Waals surface area contributed by atoms with E-state index in [4.69, 9.17) is 0 Å². The molecule has 0 saturated carbocycles. The molecule has 0 aromatic heterocycles. The summed E-state index contributed by atoms with van der Waals surface area (Å²) in [6.07, 6.45) is 1.97. The first kappa shape index (κ1) is 17.9. The molecule has 1 aromatic rings. The maximum atomic E-state index is 12.7. The number of carbonyl (C=O) groups excluding carboxylic acids is 1. The number of aryl methyl sites for hydroxylation is 2. The molecule has 0 amide bonds. The average Bonchev–Trinajstić information content (AvgIpc) is 2.49. The molecule has 1 N–H and O–H groups in total. The molecule has 0 spiro atoms. The minimum absolute atomic E-state index is 0.0844. The van der Waals surface area contributed by atoms with Gasteiger partial charge in [0, 0.05) is 18.2 Å². The van der Waals surface area contributed by atoms with E-state index in [1.54, 1.807) is 0 Å². The van der Waals surface area contributed by atoms with Gasteiger partial charge in [0.15, 0.2) is 5.78 Å². The van der Waals surface area contributed by atoms with Gasteiger partial charge in [-0.1, -0.05) is 26.0 Å². The quantitative estimate of drug-likeness (QED) is 0.747. The summed E-state index contributed by atoms with van der Waals surface area (Å²) in [6.45, 7) is 10.9. The van der Waals surface area contributed by atoms with Crippen LogP contribution in [0.5, 0.6) is 0 Å². The summed E-state index contributed by atoms with van der Waals surface area (Å²) in [4.78, 5) is 14.9. The van der Waals surface area contributed by atoms with Gasteiger partial charge in [-0.3, -0.25) is 9.69 Å². The number of nitrogens with zero attached hydrogens (tertiary/aromatic N) is 1. The Balaban J connectivity index is 2.98. The van der Waals surface area contributed by atoms with Gasteiger partial charge < -0.3 is 5.11 Å². The highest BCUT2D eigenvalue weighted by molar-refractivity contribution is 6.00. The summed E-state index contributed by atoms with van der Waals surface area (Å²) in [5, 5.41) is 9.31. The van der Waals surface area contributed by atoms with Crippen LogP contribution in [0.4, 0.5) is 0 Å². The van der Waals surface area contributed by atoms with Gasteiger partial charge in [-0.15, -0.1) is 0 Å². The predicted molar refractivity (Wildman–Crippen MR) is 87.9 cm³/mol. The van der Waals surface area contributed by atoms with Gasteiger partial charge in [-0.2, -0.15) is 0 Å². The van der Waals surface area contributed by atoms with Crippen LogP contribution in [0, 0.1) is 13.8 Å². The monoisotopic (exact) mass is 291 g/mol. The lowest BCUT2D eigenvalue weighted by Gasteiger charge is -2.34. The molecule has 1 rings (SSSR count). The van der Waals surface area contributed by atoms with Gasteiger partial charge >= 0.3 is 0 Å². The van der Waals surface area contributed by atoms with Crippen LogP contribution in [0.15, 0.2) is 18.2 Å². The highest BCUT2D eigenvalue weighted by Gasteiger charge is 2.26. The average molecular weight is 291 g/mol. The fraction of sp³-hybridized carbons (Fsp3) is 0.611. The minimum atomic E-state index is -0.204. The van der Waals surface area contributed by atoms with Crippen molar-refractivity contribution in [3.8, 4) is 0 Å². The number of carbonyl (C=O) groups is 1. The summed E-state index contributed by atoms with van der Waals surface area (Å²) in [5.41, 5.74) is 3.11. The molecule has 0 fully saturated rings. The number of hydrogen-bond donors (Lipinski definition) is 1. The number of ketones is 1. The topological polar surface area (TPSA) is 40.5 Å². The summed E-state index contributed by atoms with van der Waals surface area (Å²) >= 11 is 0. The standard InChI is InChI=1S/C18H29NO2/c1-6-17(7-2)19(10-11-20)15(5)18(21)16-9-8-13(3)14(4)12-16/h8-9,12,15,17,20H,6-7,10-11H2,1-5H3. The normalized spacial score (nSPS) is 13.0. The van der Waals surface area contributed by atoms with E-state index in [0.717, 1.165) is 24.0 Å². The zero-order chi connectivity index (χ0) is 16.0. The maximum Gasteiger partial charge on any atom is 0.179 e. The predicted octanol–water partition coefficient (Wildman–Crippen LogP) is 3.36. The van der Waals surface area contributed by atoms with E-state index in [1.807, 2.05) is 32.0 Å². The summed E-state index contributed by atoms with van der Waals surface area (Å²) in [6, 6.07) is 6.01. The number of hydrogen-bond acceptors (Lipinski definition) is 3. The lowest BCUT2D eigenvalue weighted by atomic mass is 9.98. The van der Waals surface area contributed by atoms with Crippen molar-refractivity contribution in [2.75, 3.05) is 13.2 Å². The van der Waals surface area contributed by atoms with E-state index in [0.29, 0.717) is 12.6 Å². The van der Waals surface area contributed by atoms with Crippen molar-refractivity contribution in [3.63, 3.8) is 0 Å². The van der Waals surface area contributed by atoms with Crippen LogP contribution >= 0.6 is 0 Å². The van der Waals surface area contributed by atoms with Gasteiger partial charge in [0.1, 0.15) is 0 Å². The Bertz CT molecular complexity index is 466.